The number of benzene rings is 2. The van der Waals surface area contributed by atoms with Crippen LogP contribution in [0.5, 0.6) is 11.5 Å². The van der Waals surface area contributed by atoms with E-state index in [1.807, 2.05) is 32.0 Å². The van der Waals surface area contributed by atoms with Gasteiger partial charge in [-0.1, -0.05) is 32.0 Å². The lowest BCUT2D eigenvalue weighted by molar-refractivity contribution is -0.144. The lowest BCUT2D eigenvalue weighted by Crippen LogP contribution is -2.35. The van der Waals surface area contributed by atoms with Crippen molar-refractivity contribution in [3.8, 4) is 11.5 Å². The predicted octanol–water partition coefficient (Wildman–Crippen LogP) is 3.67. The Morgan fingerprint density at radius 1 is 1.10 bits per heavy atom. The van der Waals surface area contributed by atoms with Crippen molar-refractivity contribution in [2.24, 2.45) is 5.92 Å². The molecule has 0 bridgehead atoms. The molecule has 0 fully saturated rings. The summed E-state index contributed by atoms with van der Waals surface area (Å²) in [5, 5.41) is 2.90. The highest BCUT2D eigenvalue weighted by molar-refractivity contribution is 5.89. The van der Waals surface area contributed by atoms with Gasteiger partial charge in [-0.2, -0.15) is 0 Å². The Hall–Kier alpha value is -3.35. The molecule has 1 aliphatic rings. The minimum Gasteiger partial charge on any atom is -0.486 e. The Morgan fingerprint density at radius 3 is 2.50 bits per heavy atom. The topological polar surface area (TPSA) is 73.9 Å². The van der Waals surface area contributed by atoms with Crippen LogP contribution in [0.2, 0.25) is 0 Å². The maximum absolute atomic E-state index is 12.9. The molecule has 0 unspecified atom stereocenters. The van der Waals surface area contributed by atoms with Crippen molar-refractivity contribution in [2.45, 2.75) is 19.9 Å². The molecule has 6 nitrogen and oxygen atoms in total. The van der Waals surface area contributed by atoms with Crippen LogP contribution in [0.1, 0.15) is 31.0 Å². The van der Waals surface area contributed by atoms with Crippen LogP contribution in [0.25, 0.3) is 6.08 Å². The van der Waals surface area contributed by atoms with Crippen molar-refractivity contribution in [1.29, 1.82) is 0 Å². The van der Waals surface area contributed by atoms with Gasteiger partial charge in [0.15, 0.2) is 18.1 Å². The van der Waals surface area contributed by atoms with Crippen LogP contribution < -0.4 is 14.8 Å². The van der Waals surface area contributed by atoms with E-state index in [1.54, 1.807) is 0 Å². The van der Waals surface area contributed by atoms with Crippen LogP contribution in [0.15, 0.2) is 48.5 Å². The third kappa shape index (κ3) is 5.83. The summed E-state index contributed by atoms with van der Waals surface area (Å²) in [5.74, 6) is 0.00781. The lowest BCUT2D eigenvalue weighted by atomic mass is 9.95. The quantitative estimate of drug-likeness (QED) is 0.554. The van der Waals surface area contributed by atoms with E-state index < -0.39 is 18.5 Å². The Morgan fingerprint density at radius 2 is 1.80 bits per heavy atom. The standard InChI is InChI=1S/C23H24FNO5/c1-15(2)23(17-6-9-19-20(13-17)29-12-11-28-19)25-21(26)14-30-22(27)10-5-16-3-7-18(24)8-4-16/h3-10,13,15,23H,11-12,14H2,1-2H3,(H,25,26)/b10-5+/t23-/m1/s1. The molecule has 7 heteroatoms. The van der Waals surface area contributed by atoms with Crippen molar-refractivity contribution in [1.82, 2.24) is 5.32 Å². The van der Waals surface area contributed by atoms with E-state index in [-0.39, 0.29) is 17.8 Å². The van der Waals surface area contributed by atoms with E-state index in [0.717, 1.165) is 5.56 Å². The van der Waals surface area contributed by atoms with Crippen LogP contribution in [0.4, 0.5) is 4.39 Å². The number of hydrogen-bond acceptors (Lipinski definition) is 5. The second-order valence-electron chi connectivity index (χ2n) is 7.18. The minimum atomic E-state index is -0.657. The second-order valence-corrected chi connectivity index (χ2v) is 7.18. The summed E-state index contributed by atoms with van der Waals surface area (Å²) in [5.41, 5.74) is 1.53. The van der Waals surface area contributed by atoms with Gasteiger partial charge in [0.1, 0.15) is 19.0 Å². The van der Waals surface area contributed by atoms with Gasteiger partial charge in [-0.05, 0) is 47.4 Å². The van der Waals surface area contributed by atoms with Gasteiger partial charge in [0.05, 0.1) is 6.04 Å². The molecule has 0 saturated heterocycles. The van der Waals surface area contributed by atoms with Gasteiger partial charge >= 0.3 is 5.97 Å². The molecule has 1 N–H and O–H groups in total. The SMILES string of the molecule is CC(C)[C@@H](NC(=O)COC(=O)/C=C/c1ccc(F)cc1)c1ccc2c(c1)OCCO2. The molecule has 30 heavy (non-hydrogen) atoms. The van der Waals surface area contributed by atoms with Gasteiger partial charge in [-0.3, -0.25) is 4.79 Å². The molecule has 1 aliphatic heterocycles. The summed E-state index contributed by atoms with van der Waals surface area (Å²) in [6.07, 6.45) is 2.69. The van der Waals surface area contributed by atoms with Gasteiger partial charge in [-0.25, -0.2) is 9.18 Å². The molecule has 3 rings (SSSR count). The van der Waals surface area contributed by atoms with Crippen molar-refractivity contribution < 1.29 is 28.2 Å². The highest BCUT2D eigenvalue weighted by Gasteiger charge is 2.21. The van der Waals surface area contributed by atoms with E-state index in [2.05, 4.69) is 5.32 Å². The molecule has 0 aromatic heterocycles. The van der Waals surface area contributed by atoms with Crippen LogP contribution in [0.3, 0.4) is 0 Å². The number of ether oxygens (including phenoxy) is 3. The summed E-state index contributed by atoms with van der Waals surface area (Å²) in [6.45, 7) is 4.56. The van der Waals surface area contributed by atoms with Crippen LogP contribution in [0, 0.1) is 11.7 Å². The van der Waals surface area contributed by atoms with Gasteiger partial charge in [-0.15, -0.1) is 0 Å². The monoisotopic (exact) mass is 413 g/mol. The van der Waals surface area contributed by atoms with Gasteiger partial charge < -0.3 is 19.5 Å². The highest BCUT2D eigenvalue weighted by atomic mass is 19.1. The fourth-order valence-electron chi connectivity index (χ4n) is 3.03. The smallest absolute Gasteiger partial charge is 0.331 e. The fraction of sp³-hybridized carbons (Fsp3) is 0.304. The molecule has 0 saturated carbocycles. The average molecular weight is 413 g/mol. The summed E-state index contributed by atoms with van der Waals surface area (Å²) >= 11 is 0. The lowest BCUT2D eigenvalue weighted by Gasteiger charge is -2.25. The van der Waals surface area contributed by atoms with E-state index in [1.165, 1.54) is 36.4 Å². The van der Waals surface area contributed by atoms with Crippen LogP contribution >= 0.6 is 0 Å². The number of esters is 1. The molecule has 2 aromatic rings. The first-order valence-electron chi connectivity index (χ1n) is 9.71. The minimum absolute atomic E-state index is 0.102. The zero-order valence-corrected chi connectivity index (χ0v) is 16.9. The number of carbonyl (C=O) groups is 2. The van der Waals surface area contributed by atoms with Crippen molar-refractivity contribution in [2.75, 3.05) is 19.8 Å². The van der Waals surface area contributed by atoms with E-state index in [4.69, 9.17) is 14.2 Å². The molecule has 1 heterocycles. The molecule has 1 amide bonds. The van der Waals surface area contributed by atoms with Gasteiger partial charge in [0.2, 0.25) is 0 Å². The number of carbonyl (C=O) groups excluding carboxylic acids is 2. The Balaban J connectivity index is 1.55. The Bertz CT molecular complexity index is 924. The van der Waals surface area contributed by atoms with Crippen LogP contribution in [-0.2, 0) is 14.3 Å². The molecule has 2 aromatic carbocycles. The molecular formula is C23H24FNO5. The molecule has 1 atom stereocenters. The fourth-order valence-corrected chi connectivity index (χ4v) is 3.03. The summed E-state index contributed by atoms with van der Waals surface area (Å²) in [7, 11) is 0. The van der Waals surface area contributed by atoms with Crippen molar-refractivity contribution in [3.05, 3.63) is 65.5 Å². The third-order valence-electron chi connectivity index (χ3n) is 4.54. The first kappa shape index (κ1) is 21.4. The number of hydrogen-bond donors (Lipinski definition) is 1. The number of amides is 1. The zero-order valence-electron chi connectivity index (χ0n) is 16.9. The number of nitrogens with one attached hydrogen (secondary N) is 1. The second kappa shape index (κ2) is 9.91. The van der Waals surface area contributed by atoms with Gasteiger partial charge in [0, 0.05) is 6.08 Å². The highest BCUT2D eigenvalue weighted by Crippen LogP contribution is 2.34. The first-order valence-corrected chi connectivity index (χ1v) is 9.71. The number of halogens is 1. The largest absolute Gasteiger partial charge is 0.486 e. The van der Waals surface area contributed by atoms with Crippen LogP contribution in [-0.4, -0.2) is 31.7 Å². The molecule has 158 valence electrons. The van der Waals surface area contributed by atoms with Crippen molar-refractivity contribution in [3.63, 3.8) is 0 Å². The van der Waals surface area contributed by atoms with E-state index >= 15 is 0 Å². The maximum Gasteiger partial charge on any atom is 0.331 e. The third-order valence-corrected chi connectivity index (χ3v) is 4.54. The van der Waals surface area contributed by atoms with Gasteiger partial charge in [0.25, 0.3) is 5.91 Å². The Labute approximate surface area is 174 Å². The summed E-state index contributed by atoms with van der Waals surface area (Å²) < 4.78 is 29.0. The normalized spacial score (nSPS) is 13.9. The maximum atomic E-state index is 12.9. The predicted molar refractivity (Wildman–Crippen MR) is 110 cm³/mol. The Kier molecular flexibility index (Phi) is 7.06. The summed E-state index contributed by atoms with van der Waals surface area (Å²) in [6, 6.07) is 10.9. The number of fused-ring (bicyclic) bond motifs is 1. The number of rotatable bonds is 7. The molecule has 0 radical (unpaired) electrons. The summed E-state index contributed by atoms with van der Waals surface area (Å²) in [4.78, 5) is 24.2. The van der Waals surface area contributed by atoms with E-state index in [9.17, 15) is 14.0 Å². The molecule has 0 aliphatic carbocycles. The zero-order chi connectivity index (χ0) is 21.5. The molecular weight excluding hydrogens is 389 g/mol. The van der Waals surface area contributed by atoms with Crippen molar-refractivity contribution >= 4 is 18.0 Å². The van der Waals surface area contributed by atoms with E-state index in [0.29, 0.717) is 30.3 Å². The molecule has 0 spiro atoms. The first-order chi connectivity index (χ1) is 14.4. The average Bonchev–Trinajstić information content (AvgIpc) is 2.75.